The SMILES string of the molecule is O=C(C[C@@H](NS(=O)(=O)c1ccc(F)c(Cl)c1)C(F)(F)F)N[C@@H]1CCCc2cc(CN3CCCCC3)ccc21. The summed E-state index contributed by atoms with van der Waals surface area (Å²) >= 11 is 5.58. The summed E-state index contributed by atoms with van der Waals surface area (Å²) in [6, 6.07) is 5.16. The Kier molecular flexibility index (Phi) is 9.01. The first-order chi connectivity index (χ1) is 17.9. The van der Waals surface area contributed by atoms with Gasteiger partial charge in [0.05, 0.1) is 22.4 Å². The minimum absolute atomic E-state index is 0.461. The number of sulfonamides is 1. The third-order valence-electron chi connectivity index (χ3n) is 7.00. The average molecular weight is 576 g/mol. The van der Waals surface area contributed by atoms with Gasteiger partial charge in [0.15, 0.2) is 0 Å². The van der Waals surface area contributed by atoms with Crippen LogP contribution in [-0.2, 0) is 27.8 Å². The number of alkyl halides is 3. The normalized spacial score (nSPS) is 19.6. The molecule has 1 aliphatic heterocycles. The molecule has 0 spiro atoms. The van der Waals surface area contributed by atoms with Crippen molar-refractivity contribution in [3.8, 4) is 0 Å². The Bertz CT molecular complexity index is 1270. The summed E-state index contributed by atoms with van der Waals surface area (Å²) in [5.41, 5.74) is 3.11. The first-order valence-electron chi connectivity index (χ1n) is 12.6. The van der Waals surface area contributed by atoms with Crippen molar-refractivity contribution in [1.29, 1.82) is 0 Å². The number of hydrogen-bond acceptors (Lipinski definition) is 4. The molecule has 0 radical (unpaired) electrons. The highest BCUT2D eigenvalue weighted by Crippen LogP contribution is 2.32. The Balaban J connectivity index is 1.43. The second-order valence-electron chi connectivity index (χ2n) is 9.88. The molecule has 1 amide bonds. The van der Waals surface area contributed by atoms with E-state index >= 15 is 0 Å². The second-order valence-corrected chi connectivity index (χ2v) is 12.0. The zero-order chi connectivity index (χ0) is 27.5. The molecule has 6 nitrogen and oxygen atoms in total. The first-order valence-corrected chi connectivity index (χ1v) is 14.5. The van der Waals surface area contributed by atoms with Crippen molar-refractivity contribution in [2.45, 2.75) is 74.6 Å². The van der Waals surface area contributed by atoms with Gasteiger partial charge in [-0.05, 0) is 80.1 Å². The summed E-state index contributed by atoms with van der Waals surface area (Å²) in [6.07, 6.45) is -0.400. The van der Waals surface area contributed by atoms with Crippen molar-refractivity contribution in [3.63, 3.8) is 0 Å². The van der Waals surface area contributed by atoms with E-state index in [2.05, 4.69) is 16.3 Å². The minimum atomic E-state index is -5.04. The van der Waals surface area contributed by atoms with E-state index in [1.807, 2.05) is 12.1 Å². The lowest BCUT2D eigenvalue weighted by molar-refractivity contribution is -0.158. The van der Waals surface area contributed by atoms with Crippen LogP contribution >= 0.6 is 11.6 Å². The molecule has 0 saturated carbocycles. The number of carbonyl (C=O) groups excluding carboxylic acids is 1. The molecule has 38 heavy (non-hydrogen) atoms. The van der Waals surface area contributed by atoms with E-state index in [4.69, 9.17) is 11.6 Å². The van der Waals surface area contributed by atoms with Crippen molar-refractivity contribution in [2.75, 3.05) is 13.1 Å². The predicted molar refractivity (Wildman–Crippen MR) is 136 cm³/mol. The molecule has 1 aliphatic carbocycles. The Labute approximate surface area is 224 Å². The van der Waals surface area contributed by atoms with Crippen LogP contribution in [0.1, 0.15) is 61.3 Å². The summed E-state index contributed by atoms with van der Waals surface area (Å²) < 4.78 is 81.2. The number of rotatable bonds is 8. The van der Waals surface area contributed by atoms with E-state index in [0.29, 0.717) is 12.5 Å². The van der Waals surface area contributed by atoms with Gasteiger partial charge in [0.25, 0.3) is 0 Å². The predicted octanol–water partition coefficient (Wildman–Crippen LogP) is 5.26. The third-order valence-corrected chi connectivity index (χ3v) is 8.75. The maximum absolute atomic E-state index is 13.7. The van der Waals surface area contributed by atoms with Crippen LogP contribution in [0.3, 0.4) is 0 Å². The van der Waals surface area contributed by atoms with Crippen LogP contribution in [0.5, 0.6) is 0 Å². The van der Waals surface area contributed by atoms with E-state index in [1.54, 1.807) is 0 Å². The Hall–Kier alpha value is -2.21. The summed E-state index contributed by atoms with van der Waals surface area (Å²) in [5.74, 6) is -1.84. The maximum atomic E-state index is 13.7. The topological polar surface area (TPSA) is 78.5 Å². The molecule has 12 heteroatoms. The number of benzene rings is 2. The highest BCUT2D eigenvalue weighted by Gasteiger charge is 2.44. The fourth-order valence-electron chi connectivity index (χ4n) is 5.05. The van der Waals surface area contributed by atoms with Crippen LogP contribution in [-0.4, -0.2) is 44.5 Å². The van der Waals surface area contributed by atoms with Gasteiger partial charge < -0.3 is 5.32 Å². The molecule has 0 bridgehead atoms. The molecule has 2 aromatic carbocycles. The third kappa shape index (κ3) is 7.25. The van der Waals surface area contributed by atoms with Gasteiger partial charge >= 0.3 is 6.18 Å². The molecule has 2 aromatic rings. The van der Waals surface area contributed by atoms with Gasteiger partial charge in [-0.1, -0.05) is 36.2 Å². The van der Waals surface area contributed by atoms with E-state index in [9.17, 15) is 30.8 Å². The molecule has 2 N–H and O–H groups in total. The van der Waals surface area contributed by atoms with Crippen LogP contribution in [0, 0.1) is 5.82 Å². The Morgan fingerprint density at radius 3 is 2.50 bits per heavy atom. The van der Waals surface area contributed by atoms with Crippen LogP contribution in [0.2, 0.25) is 5.02 Å². The van der Waals surface area contributed by atoms with Crippen molar-refractivity contribution < 1.29 is 30.8 Å². The zero-order valence-corrected chi connectivity index (χ0v) is 22.2. The van der Waals surface area contributed by atoms with E-state index in [0.717, 1.165) is 55.7 Å². The van der Waals surface area contributed by atoms with E-state index in [-0.39, 0.29) is 0 Å². The number of aryl methyl sites for hydroxylation is 1. The summed E-state index contributed by atoms with van der Waals surface area (Å²) in [4.78, 5) is 14.5. The van der Waals surface area contributed by atoms with Gasteiger partial charge in [0.1, 0.15) is 11.9 Å². The highest BCUT2D eigenvalue weighted by atomic mass is 35.5. The van der Waals surface area contributed by atoms with Crippen LogP contribution in [0.15, 0.2) is 41.3 Å². The van der Waals surface area contributed by atoms with Crippen molar-refractivity contribution in [1.82, 2.24) is 14.9 Å². The number of nitrogens with zero attached hydrogens (tertiary/aromatic N) is 1. The summed E-state index contributed by atoms with van der Waals surface area (Å²) in [7, 11) is -4.73. The molecule has 2 atom stereocenters. The smallest absolute Gasteiger partial charge is 0.349 e. The Morgan fingerprint density at radius 1 is 1.08 bits per heavy atom. The van der Waals surface area contributed by atoms with E-state index in [1.165, 1.54) is 29.5 Å². The first kappa shape index (κ1) is 28.8. The molecule has 1 heterocycles. The largest absolute Gasteiger partial charge is 0.405 e. The Morgan fingerprint density at radius 2 is 1.82 bits per heavy atom. The molecule has 4 rings (SSSR count). The fourth-order valence-corrected chi connectivity index (χ4v) is 6.55. The minimum Gasteiger partial charge on any atom is -0.349 e. The van der Waals surface area contributed by atoms with Gasteiger partial charge in [0.2, 0.25) is 15.9 Å². The molecule has 1 saturated heterocycles. The lowest BCUT2D eigenvalue weighted by Gasteiger charge is -2.30. The monoisotopic (exact) mass is 575 g/mol. The average Bonchev–Trinajstić information content (AvgIpc) is 2.85. The lowest BCUT2D eigenvalue weighted by Crippen LogP contribution is -2.48. The fraction of sp³-hybridized carbons (Fsp3) is 0.500. The second kappa shape index (κ2) is 11.9. The quantitative estimate of drug-likeness (QED) is 0.421. The van der Waals surface area contributed by atoms with Crippen molar-refractivity contribution in [3.05, 3.63) is 63.9 Å². The van der Waals surface area contributed by atoms with Crippen LogP contribution in [0.4, 0.5) is 17.6 Å². The van der Waals surface area contributed by atoms with Crippen LogP contribution < -0.4 is 10.0 Å². The van der Waals surface area contributed by atoms with E-state index < -0.39 is 56.3 Å². The van der Waals surface area contributed by atoms with Gasteiger partial charge in [0, 0.05) is 6.54 Å². The van der Waals surface area contributed by atoms with Crippen LogP contribution in [0.25, 0.3) is 0 Å². The standard InChI is InChI=1S/C26H30ClF4N3O3S/c27-21-14-19(8-10-22(21)28)38(36,37)33-24(26(29,30)31)15-25(35)32-23-6-4-5-18-13-17(7-9-20(18)23)16-34-11-2-1-3-12-34/h7-10,13-14,23-24,33H,1-6,11-12,15-16H2,(H,32,35)/t23-,24-/m1/s1. The number of amides is 1. The number of carbonyl (C=O) groups is 1. The van der Waals surface area contributed by atoms with Gasteiger partial charge in [-0.15, -0.1) is 0 Å². The number of fused-ring (bicyclic) bond motifs is 1. The lowest BCUT2D eigenvalue weighted by atomic mass is 9.86. The molecular weight excluding hydrogens is 546 g/mol. The number of halogens is 5. The molecule has 208 valence electrons. The molecular formula is C26H30ClF4N3O3S. The van der Waals surface area contributed by atoms with Crippen molar-refractivity contribution >= 4 is 27.5 Å². The maximum Gasteiger partial charge on any atom is 0.405 e. The molecule has 1 fully saturated rings. The number of nitrogens with one attached hydrogen (secondary N) is 2. The molecule has 0 unspecified atom stereocenters. The summed E-state index contributed by atoms with van der Waals surface area (Å²) in [6.45, 7) is 2.97. The summed E-state index contributed by atoms with van der Waals surface area (Å²) in [5, 5.41) is 2.11. The molecule has 0 aromatic heterocycles. The van der Waals surface area contributed by atoms with Gasteiger partial charge in [-0.25, -0.2) is 12.8 Å². The number of likely N-dealkylation sites (tertiary alicyclic amines) is 1. The highest BCUT2D eigenvalue weighted by molar-refractivity contribution is 7.89. The number of hydrogen-bond donors (Lipinski definition) is 2. The molecule has 2 aliphatic rings. The van der Waals surface area contributed by atoms with Gasteiger partial charge in [-0.2, -0.15) is 17.9 Å². The van der Waals surface area contributed by atoms with Crippen molar-refractivity contribution in [2.24, 2.45) is 0 Å². The number of piperidine rings is 1. The zero-order valence-electron chi connectivity index (χ0n) is 20.7. The van der Waals surface area contributed by atoms with Gasteiger partial charge in [-0.3, -0.25) is 9.69 Å².